The van der Waals surface area contributed by atoms with Gasteiger partial charge >= 0.3 is 0 Å². The number of benzene rings is 2. The Morgan fingerprint density at radius 1 is 0.886 bits per heavy atom. The van der Waals surface area contributed by atoms with E-state index in [9.17, 15) is 4.79 Å². The molecular formula is C27H31ClN4OS2. The van der Waals surface area contributed by atoms with Crippen molar-refractivity contribution in [3.63, 3.8) is 0 Å². The normalized spacial score (nSPS) is 11.3. The van der Waals surface area contributed by atoms with Crippen molar-refractivity contribution in [3.8, 4) is 11.4 Å². The summed E-state index contributed by atoms with van der Waals surface area (Å²) in [7, 11) is 0. The quantitative estimate of drug-likeness (QED) is 0.148. The molecule has 0 spiro atoms. The van der Waals surface area contributed by atoms with E-state index < -0.39 is 0 Å². The molecule has 0 saturated carbocycles. The SMILES string of the molecule is CCCCCN(CCCCC)c1nc2c(sc(=S)n2-c2ccccc2)c(=O)n1-c1ccc(Cl)cc1. The Hall–Kier alpha value is -2.48. The first-order valence-corrected chi connectivity index (χ1v) is 13.9. The fraction of sp³-hybridized carbons (Fsp3) is 0.370. The zero-order chi connectivity index (χ0) is 24.8. The standard InChI is InChI=1S/C27H31ClN4OS2/c1-3-5-10-18-30(19-11-6-4-2)26-29-24-23(25(33)32(26)22-16-14-20(28)15-17-22)35-27(34)31(24)21-12-8-7-9-13-21/h7-9,12-17H,3-6,10-11,18-19H2,1-2H3. The van der Waals surface area contributed by atoms with Gasteiger partial charge in [0.25, 0.3) is 5.56 Å². The van der Waals surface area contributed by atoms with Crippen LogP contribution >= 0.6 is 35.2 Å². The van der Waals surface area contributed by atoms with Gasteiger partial charge in [0.1, 0.15) is 4.70 Å². The van der Waals surface area contributed by atoms with Gasteiger partial charge in [-0.2, -0.15) is 4.98 Å². The molecular weight excluding hydrogens is 496 g/mol. The highest BCUT2D eigenvalue weighted by atomic mass is 35.5. The van der Waals surface area contributed by atoms with Crippen molar-refractivity contribution in [2.24, 2.45) is 0 Å². The van der Waals surface area contributed by atoms with Gasteiger partial charge < -0.3 is 4.90 Å². The van der Waals surface area contributed by atoms with Crippen LogP contribution in [0.3, 0.4) is 0 Å². The van der Waals surface area contributed by atoms with E-state index in [2.05, 4.69) is 18.7 Å². The van der Waals surface area contributed by atoms with Gasteiger partial charge in [-0.15, -0.1) is 0 Å². The lowest BCUT2D eigenvalue weighted by molar-refractivity contribution is 0.620. The Kier molecular flexibility index (Phi) is 8.76. The number of thiazole rings is 1. The first kappa shape index (κ1) is 25.6. The van der Waals surface area contributed by atoms with Gasteiger partial charge in [0.2, 0.25) is 5.95 Å². The second-order valence-corrected chi connectivity index (χ2v) is 10.7. The number of nitrogens with zero attached hydrogens (tertiary/aromatic N) is 4. The predicted molar refractivity (Wildman–Crippen MR) is 152 cm³/mol. The molecule has 0 unspecified atom stereocenters. The average molecular weight is 527 g/mol. The summed E-state index contributed by atoms with van der Waals surface area (Å²) in [5.74, 6) is 0.662. The zero-order valence-electron chi connectivity index (χ0n) is 20.2. The molecule has 5 nitrogen and oxygen atoms in total. The molecule has 0 aliphatic rings. The number of fused-ring (bicyclic) bond motifs is 1. The van der Waals surface area contributed by atoms with E-state index in [-0.39, 0.29) is 5.56 Å². The van der Waals surface area contributed by atoms with Gasteiger partial charge in [0, 0.05) is 23.8 Å². The molecule has 0 saturated heterocycles. The molecule has 8 heteroatoms. The Balaban J connectivity index is 1.97. The highest BCUT2D eigenvalue weighted by Gasteiger charge is 2.22. The Morgan fingerprint density at radius 3 is 2.09 bits per heavy atom. The molecule has 0 bridgehead atoms. The fourth-order valence-corrected chi connectivity index (χ4v) is 5.63. The molecule has 2 aromatic heterocycles. The van der Waals surface area contributed by atoms with Crippen LogP contribution < -0.4 is 10.5 Å². The van der Waals surface area contributed by atoms with E-state index in [4.69, 9.17) is 28.8 Å². The number of para-hydroxylation sites is 1. The van der Waals surface area contributed by atoms with E-state index in [1.165, 1.54) is 11.3 Å². The Morgan fingerprint density at radius 2 is 1.49 bits per heavy atom. The molecule has 0 radical (unpaired) electrons. The van der Waals surface area contributed by atoms with Gasteiger partial charge in [-0.1, -0.05) is 80.7 Å². The Labute approximate surface area is 220 Å². The third kappa shape index (κ3) is 5.68. The van der Waals surface area contributed by atoms with Gasteiger partial charge in [-0.3, -0.25) is 9.36 Å². The molecule has 4 rings (SSSR count). The fourth-order valence-electron chi connectivity index (χ4n) is 4.20. The van der Waals surface area contributed by atoms with Crippen molar-refractivity contribution >= 4 is 51.5 Å². The van der Waals surface area contributed by atoms with Crippen LogP contribution in [0.25, 0.3) is 21.7 Å². The van der Waals surface area contributed by atoms with Crippen LogP contribution in [0.4, 0.5) is 5.95 Å². The molecule has 35 heavy (non-hydrogen) atoms. The van der Waals surface area contributed by atoms with Crippen LogP contribution in [0.15, 0.2) is 59.4 Å². The topological polar surface area (TPSA) is 43.1 Å². The number of anilines is 1. The first-order chi connectivity index (χ1) is 17.0. The lowest BCUT2D eigenvalue weighted by atomic mass is 10.2. The summed E-state index contributed by atoms with van der Waals surface area (Å²) in [5.41, 5.74) is 2.18. The minimum atomic E-state index is -0.103. The van der Waals surface area contributed by atoms with Crippen molar-refractivity contribution in [2.75, 3.05) is 18.0 Å². The number of halogens is 1. The van der Waals surface area contributed by atoms with E-state index >= 15 is 0 Å². The lowest BCUT2D eigenvalue weighted by Gasteiger charge is -2.27. The molecule has 2 aromatic carbocycles. The first-order valence-electron chi connectivity index (χ1n) is 12.3. The van der Waals surface area contributed by atoms with Crippen molar-refractivity contribution in [1.82, 2.24) is 14.1 Å². The summed E-state index contributed by atoms with van der Waals surface area (Å²) in [5, 5.41) is 0.631. The largest absolute Gasteiger partial charge is 0.342 e. The maximum atomic E-state index is 14.0. The minimum absolute atomic E-state index is 0.103. The van der Waals surface area contributed by atoms with E-state index in [1.807, 2.05) is 59.2 Å². The summed E-state index contributed by atoms with van der Waals surface area (Å²) in [6, 6.07) is 17.3. The van der Waals surface area contributed by atoms with Crippen molar-refractivity contribution in [3.05, 3.63) is 73.9 Å². The summed E-state index contributed by atoms with van der Waals surface area (Å²) in [4.78, 5) is 21.4. The minimum Gasteiger partial charge on any atom is -0.342 e. The third-order valence-electron chi connectivity index (χ3n) is 6.04. The summed E-state index contributed by atoms with van der Waals surface area (Å²) in [6.07, 6.45) is 6.64. The molecule has 0 atom stereocenters. The monoisotopic (exact) mass is 526 g/mol. The summed E-state index contributed by atoms with van der Waals surface area (Å²) < 4.78 is 4.82. The summed E-state index contributed by atoms with van der Waals surface area (Å²) >= 11 is 13.2. The second-order valence-electron chi connectivity index (χ2n) is 8.62. The molecule has 0 aliphatic heterocycles. The lowest BCUT2D eigenvalue weighted by Crippen LogP contribution is -2.34. The highest BCUT2D eigenvalue weighted by molar-refractivity contribution is 7.73. The molecule has 184 valence electrons. The van der Waals surface area contributed by atoms with E-state index in [0.717, 1.165) is 63.0 Å². The number of rotatable bonds is 11. The average Bonchev–Trinajstić information content (AvgIpc) is 3.20. The maximum absolute atomic E-state index is 14.0. The van der Waals surface area contributed by atoms with Gasteiger partial charge in [0.05, 0.1) is 5.69 Å². The molecule has 0 fully saturated rings. The van der Waals surface area contributed by atoms with Crippen LogP contribution in [0, 0.1) is 3.95 Å². The van der Waals surface area contributed by atoms with Gasteiger partial charge in [-0.05, 0) is 61.5 Å². The van der Waals surface area contributed by atoms with Crippen LogP contribution in [0.1, 0.15) is 52.4 Å². The summed E-state index contributed by atoms with van der Waals surface area (Å²) in [6.45, 7) is 6.10. The Bertz CT molecular complexity index is 1370. The van der Waals surface area contributed by atoms with Crippen molar-refractivity contribution < 1.29 is 0 Å². The highest BCUT2D eigenvalue weighted by Crippen LogP contribution is 2.27. The third-order valence-corrected chi connectivity index (χ3v) is 7.64. The molecule has 0 amide bonds. The van der Waals surface area contributed by atoms with Gasteiger partial charge in [-0.25, -0.2) is 4.57 Å². The number of hydrogen-bond acceptors (Lipinski definition) is 5. The van der Waals surface area contributed by atoms with Crippen LogP contribution in [-0.2, 0) is 0 Å². The van der Waals surface area contributed by atoms with Crippen molar-refractivity contribution in [1.29, 1.82) is 0 Å². The molecule has 0 aliphatic carbocycles. The second kappa shape index (κ2) is 12.0. The number of hydrogen-bond donors (Lipinski definition) is 0. The maximum Gasteiger partial charge on any atom is 0.279 e. The van der Waals surface area contributed by atoms with Crippen LogP contribution in [0.5, 0.6) is 0 Å². The molecule has 2 heterocycles. The van der Waals surface area contributed by atoms with Crippen molar-refractivity contribution in [2.45, 2.75) is 52.4 Å². The molecule has 0 N–H and O–H groups in total. The zero-order valence-corrected chi connectivity index (χ0v) is 22.6. The molecule has 4 aromatic rings. The number of unbranched alkanes of at least 4 members (excludes halogenated alkanes) is 4. The van der Waals surface area contributed by atoms with Crippen LogP contribution in [0.2, 0.25) is 5.02 Å². The smallest absolute Gasteiger partial charge is 0.279 e. The van der Waals surface area contributed by atoms with Crippen LogP contribution in [-0.4, -0.2) is 27.2 Å². The van der Waals surface area contributed by atoms with E-state index in [0.29, 0.717) is 25.3 Å². The number of aromatic nitrogens is 3. The predicted octanol–water partition coefficient (Wildman–Crippen LogP) is 7.81. The van der Waals surface area contributed by atoms with Gasteiger partial charge in [0.15, 0.2) is 9.60 Å². The van der Waals surface area contributed by atoms with E-state index in [1.54, 1.807) is 4.57 Å².